The molecule has 2 aliphatic rings. The maximum absolute atomic E-state index is 12.7. The molecule has 0 aromatic heterocycles. The molecule has 1 aromatic carbocycles. The number of methoxy groups -OCH3 is 1. The highest BCUT2D eigenvalue weighted by molar-refractivity contribution is 5.96. The highest BCUT2D eigenvalue weighted by Gasteiger charge is 2.27. The van der Waals surface area contributed by atoms with E-state index in [1.54, 1.807) is 19.2 Å². The molecule has 0 spiro atoms. The van der Waals surface area contributed by atoms with E-state index in [-0.39, 0.29) is 11.9 Å². The van der Waals surface area contributed by atoms with Gasteiger partial charge in [-0.05, 0) is 19.1 Å². The molecule has 1 saturated heterocycles. The molecule has 3 rings (SSSR count). The number of carbonyl (C=O) groups excluding carboxylic acids is 1. The molecule has 0 unspecified atom stereocenters. The molecule has 0 aliphatic carbocycles. The number of carbonyl (C=O) groups is 1. The van der Waals surface area contributed by atoms with Crippen LogP contribution in [0.5, 0.6) is 17.2 Å². The van der Waals surface area contributed by atoms with Crippen LogP contribution >= 0.6 is 0 Å². The van der Waals surface area contributed by atoms with Crippen LogP contribution in [0.1, 0.15) is 17.3 Å². The molecule has 0 saturated carbocycles. The minimum atomic E-state index is -0.0407. The number of hydrogen-bond donors (Lipinski definition) is 0. The molecule has 114 valence electrons. The Bertz CT molecular complexity index is 528. The second-order valence-electron chi connectivity index (χ2n) is 5.13. The van der Waals surface area contributed by atoms with Gasteiger partial charge in [0.15, 0.2) is 11.5 Å². The summed E-state index contributed by atoms with van der Waals surface area (Å²) in [7, 11) is 1.55. The lowest BCUT2D eigenvalue weighted by Gasteiger charge is -2.33. The van der Waals surface area contributed by atoms with Gasteiger partial charge in [-0.3, -0.25) is 4.79 Å². The number of amides is 1. The Morgan fingerprint density at radius 1 is 1.29 bits per heavy atom. The molecular formula is C15H19NO5. The van der Waals surface area contributed by atoms with E-state index in [2.05, 4.69) is 0 Å². The van der Waals surface area contributed by atoms with Gasteiger partial charge in [0.1, 0.15) is 13.2 Å². The van der Waals surface area contributed by atoms with Gasteiger partial charge in [-0.15, -0.1) is 0 Å². The first-order valence-corrected chi connectivity index (χ1v) is 7.07. The zero-order chi connectivity index (χ0) is 14.8. The molecule has 0 radical (unpaired) electrons. The van der Waals surface area contributed by atoms with Crippen LogP contribution in [-0.4, -0.2) is 56.9 Å². The lowest BCUT2D eigenvalue weighted by molar-refractivity contribution is 0.00354. The van der Waals surface area contributed by atoms with Gasteiger partial charge < -0.3 is 23.8 Å². The molecule has 2 aliphatic heterocycles. The van der Waals surface area contributed by atoms with E-state index in [0.29, 0.717) is 55.8 Å². The van der Waals surface area contributed by atoms with E-state index in [1.807, 2.05) is 11.8 Å². The summed E-state index contributed by atoms with van der Waals surface area (Å²) >= 11 is 0. The van der Waals surface area contributed by atoms with Crippen molar-refractivity contribution in [2.24, 2.45) is 0 Å². The zero-order valence-corrected chi connectivity index (χ0v) is 12.3. The van der Waals surface area contributed by atoms with Gasteiger partial charge in [0.2, 0.25) is 5.75 Å². The summed E-state index contributed by atoms with van der Waals surface area (Å²) in [6, 6.07) is 3.49. The molecule has 21 heavy (non-hydrogen) atoms. The summed E-state index contributed by atoms with van der Waals surface area (Å²) in [5.41, 5.74) is 0.546. The molecule has 1 amide bonds. The third kappa shape index (κ3) is 2.63. The van der Waals surface area contributed by atoms with E-state index < -0.39 is 0 Å². The molecule has 0 bridgehead atoms. The van der Waals surface area contributed by atoms with Crippen LogP contribution in [0, 0.1) is 0 Å². The van der Waals surface area contributed by atoms with Crippen molar-refractivity contribution in [3.8, 4) is 17.2 Å². The van der Waals surface area contributed by atoms with Gasteiger partial charge in [-0.25, -0.2) is 0 Å². The summed E-state index contributed by atoms with van der Waals surface area (Å²) in [4.78, 5) is 14.5. The predicted molar refractivity (Wildman–Crippen MR) is 75.3 cm³/mol. The summed E-state index contributed by atoms with van der Waals surface area (Å²) < 4.78 is 21.8. The van der Waals surface area contributed by atoms with Gasteiger partial charge in [0, 0.05) is 12.1 Å². The van der Waals surface area contributed by atoms with Crippen molar-refractivity contribution in [3.63, 3.8) is 0 Å². The number of ether oxygens (including phenoxy) is 4. The highest BCUT2D eigenvalue weighted by Crippen LogP contribution is 2.40. The van der Waals surface area contributed by atoms with E-state index in [9.17, 15) is 4.79 Å². The SMILES string of the molecule is COc1cc(C(=O)N2CCOC[C@H]2C)cc2c1OCCO2. The first kappa shape index (κ1) is 14.0. The quantitative estimate of drug-likeness (QED) is 0.823. The third-order valence-electron chi connectivity index (χ3n) is 3.70. The molecule has 1 aromatic rings. The van der Waals surface area contributed by atoms with Crippen LogP contribution in [0.2, 0.25) is 0 Å². The van der Waals surface area contributed by atoms with Crippen molar-refractivity contribution >= 4 is 5.91 Å². The Balaban J connectivity index is 1.92. The minimum absolute atomic E-state index is 0.0407. The number of rotatable bonds is 2. The van der Waals surface area contributed by atoms with Crippen LogP contribution in [0.4, 0.5) is 0 Å². The van der Waals surface area contributed by atoms with E-state index >= 15 is 0 Å². The predicted octanol–water partition coefficient (Wildman–Crippen LogP) is 1.33. The summed E-state index contributed by atoms with van der Waals surface area (Å²) in [6.07, 6.45) is 0. The molecule has 0 N–H and O–H groups in total. The zero-order valence-electron chi connectivity index (χ0n) is 12.3. The first-order chi connectivity index (χ1) is 10.2. The Morgan fingerprint density at radius 3 is 2.86 bits per heavy atom. The van der Waals surface area contributed by atoms with E-state index in [0.717, 1.165) is 0 Å². The normalized spacial score (nSPS) is 21.0. The molecule has 2 heterocycles. The third-order valence-corrected chi connectivity index (χ3v) is 3.70. The largest absolute Gasteiger partial charge is 0.493 e. The molecule has 6 heteroatoms. The van der Waals surface area contributed by atoms with Gasteiger partial charge in [0.05, 0.1) is 26.4 Å². The van der Waals surface area contributed by atoms with Gasteiger partial charge >= 0.3 is 0 Å². The highest BCUT2D eigenvalue weighted by atomic mass is 16.6. The average Bonchev–Trinajstić information content (AvgIpc) is 2.53. The number of hydrogen-bond acceptors (Lipinski definition) is 5. The second kappa shape index (κ2) is 5.81. The van der Waals surface area contributed by atoms with Crippen LogP contribution < -0.4 is 14.2 Å². The first-order valence-electron chi connectivity index (χ1n) is 7.07. The summed E-state index contributed by atoms with van der Waals surface area (Å²) in [6.45, 7) is 4.66. The fourth-order valence-corrected chi connectivity index (χ4v) is 2.59. The average molecular weight is 293 g/mol. The van der Waals surface area contributed by atoms with Crippen molar-refractivity contribution in [1.82, 2.24) is 4.90 Å². The van der Waals surface area contributed by atoms with E-state index in [4.69, 9.17) is 18.9 Å². The topological polar surface area (TPSA) is 57.2 Å². The van der Waals surface area contributed by atoms with Gasteiger partial charge in [-0.1, -0.05) is 0 Å². The van der Waals surface area contributed by atoms with Crippen LogP contribution in [-0.2, 0) is 4.74 Å². The fourth-order valence-electron chi connectivity index (χ4n) is 2.59. The fraction of sp³-hybridized carbons (Fsp3) is 0.533. The number of nitrogens with zero attached hydrogens (tertiary/aromatic N) is 1. The maximum atomic E-state index is 12.7. The minimum Gasteiger partial charge on any atom is -0.493 e. The van der Waals surface area contributed by atoms with Crippen molar-refractivity contribution in [3.05, 3.63) is 17.7 Å². The van der Waals surface area contributed by atoms with E-state index in [1.165, 1.54) is 0 Å². The Morgan fingerprint density at radius 2 is 2.10 bits per heavy atom. The number of benzene rings is 1. The maximum Gasteiger partial charge on any atom is 0.254 e. The van der Waals surface area contributed by atoms with Gasteiger partial charge in [0.25, 0.3) is 5.91 Å². The Hall–Kier alpha value is -1.95. The molecule has 1 atom stereocenters. The summed E-state index contributed by atoms with van der Waals surface area (Å²) in [5.74, 6) is 1.61. The Kier molecular flexibility index (Phi) is 3.88. The monoisotopic (exact) mass is 293 g/mol. The van der Waals surface area contributed by atoms with Gasteiger partial charge in [-0.2, -0.15) is 0 Å². The lowest BCUT2D eigenvalue weighted by Crippen LogP contribution is -2.47. The lowest BCUT2D eigenvalue weighted by atomic mass is 10.1. The van der Waals surface area contributed by atoms with Crippen LogP contribution in [0.25, 0.3) is 0 Å². The standard InChI is InChI=1S/C15H19NO5/c1-10-9-19-4-3-16(10)15(17)11-7-12(18-2)14-13(8-11)20-5-6-21-14/h7-8,10H,3-6,9H2,1-2H3/t10-/m1/s1. The second-order valence-corrected chi connectivity index (χ2v) is 5.13. The number of fused-ring (bicyclic) bond motifs is 1. The van der Waals surface area contributed by atoms with Crippen molar-refractivity contribution in [1.29, 1.82) is 0 Å². The van der Waals surface area contributed by atoms with Crippen LogP contribution in [0.3, 0.4) is 0 Å². The molecular weight excluding hydrogens is 274 g/mol. The van der Waals surface area contributed by atoms with Crippen molar-refractivity contribution in [2.75, 3.05) is 40.1 Å². The molecule has 1 fully saturated rings. The molecule has 6 nitrogen and oxygen atoms in total. The Labute approximate surface area is 123 Å². The van der Waals surface area contributed by atoms with Crippen molar-refractivity contribution < 1.29 is 23.7 Å². The smallest absolute Gasteiger partial charge is 0.254 e. The van der Waals surface area contributed by atoms with Crippen molar-refractivity contribution in [2.45, 2.75) is 13.0 Å². The summed E-state index contributed by atoms with van der Waals surface area (Å²) in [5, 5.41) is 0. The van der Waals surface area contributed by atoms with Crippen LogP contribution in [0.15, 0.2) is 12.1 Å². The number of morpholine rings is 1.